The summed E-state index contributed by atoms with van der Waals surface area (Å²) in [5.41, 5.74) is 0.514. The first-order valence-corrected chi connectivity index (χ1v) is 4.35. The first-order chi connectivity index (χ1) is 6.57. The number of nitrogens with zero attached hydrogens (tertiary/aromatic N) is 3. The fraction of sp³-hybridized carbons (Fsp3) is 0.625. The van der Waals surface area contributed by atoms with Gasteiger partial charge in [-0.25, -0.2) is 9.48 Å². The molecular formula is C8H13N3O3. The number of rotatable bonds is 4. The van der Waals surface area contributed by atoms with E-state index in [0.717, 1.165) is 0 Å². The molecule has 0 aliphatic carbocycles. The lowest BCUT2D eigenvalue weighted by Gasteiger charge is -2.07. The Morgan fingerprint density at radius 1 is 1.57 bits per heavy atom. The summed E-state index contributed by atoms with van der Waals surface area (Å²) in [5.74, 6) is -1.07. The summed E-state index contributed by atoms with van der Waals surface area (Å²) in [6, 6.07) is 0. The Morgan fingerprint density at radius 2 is 2.21 bits per heavy atom. The van der Waals surface area contributed by atoms with Crippen LogP contribution in [0.5, 0.6) is 0 Å². The van der Waals surface area contributed by atoms with Crippen LogP contribution < -0.4 is 0 Å². The topological polar surface area (TPSA) is 88.2 Å². The second-order valence-electron chi connectivity index (χ2n) is 3.23. The molecule has 0 saturated heterocycles. The van der Waals surface area contributed by atoms with Crippen molar-refractivity contribution in [3.8, 4) is 0 Å². The highest BCUT2D eigenvalue weighted by atomic mass is 16.4. The predicted octanol–water partition coefficient (Wildman–Crippen LogP) is 0.0920. The molecule has 2 N–H and O–H groups in total. The molecule has 0 aromatic carbocycles. The summed E-state index contributed by atoms with van der Waals surface area (Å²) in [4.78, 5) is 10.8. The van der Waals surface area contributed by atoms with Crippen LogP contribution in [0.4, 0.5) is 0 Å². The van der Waals surface area contributed by atoms with E-state index in [0.29, 0.717) is 5.69 Å². The van der Waals surface area contributed by atoms with Gasteiger partial charge in [0.15, 0.2) is 5.69 Å². The van der Waals surface area contributed by atoms with E-state index in [1.807, 2.05) is 13.8 Å². The zero-order valence-corrected chi connectivity index (χ0v) is 8.14. The fourth-order valence-electron chi connectivity index (χ4n) is 1.30. The molecule has 0 spiro atoms. The second kappa shape index (κ2) is 4.19. The van der Waals surface area contributed by atoms with Crippen molar-refractivity contribution in [3.63, 3.8) is 0 Å². The lowest BCUT2D eigenvalue weighted by Crippen LogP contribution is -2.11. The molecule has 1 rings (SSSR count). The number of hydrogen-bond donors (Lipinski definition) is 2. The molecule has 0 aliphatic heterocycles. The molecule has 0 unspecified atom stereocenters. The lowest BCUT2D eigenvalue weighted by atomic mass is 10.1. The average molecular weight is 199 g/mol. The number of carboxylic acids is 1. The third-order valence-corrected chi connectivity index (χ3v) is 1.83. The fourth-order valence-corrected chi connectivity index (χ4v) is 1.30. The number of aromatic nitrogens is 3. The zero-order chi connectivity index (χ0) is 10.7. The maximum Gasteiger partial charge on any atom is 0.358 e. The van der Waals surface area contributed by atoms with Gasteiger partial charge in [-0.1, -0.05) is 19.1 Å². The van der Waals surface area contributed by atoms with E-state index < -0.39 is 5.97 Å². The highest BCUT2D eigenvalue weighted by molar-refractivity contribution is 5.86. The van der Waals surface area contributed by atoms with Gasteiger partial charge in [0.25, 0.3) is 0 Å². The number of aliphatic hydroxyl groups is 1. The van der Waals surface area contributed by atoms with Crippen molar-refractivity contribution in [2.24, 2.45) is 0 Å². The van der Waals surface area contributed by atoms with Crippen LogP contribution in [0.2, 0.25) is 0 Å². The molecule has 1 aromatic heterocycles. The largest absolute Gasteiger partial charge is 0.476 e. The minimum absolute atomic E-state index is 0.0163. The minimum Gasteiger partial charge on any atom is -0.476 e. The van der Waals surface area contributed by atoms with Gasteiger partial charge >= 0.3 is 5.97 Å². The Labute approximate surface area is 81.2 Å². The Hall–Kier alpha value is -1.43. The van der Waals surface area contributed by atoms with E-state index in [4.69, 9.17) is 10.2 Å². The highest BCUT2D eigenvalue weighted by Gasteiger charge is 2.20. The van der Waals surface area contributed by atoms with Gasteiger partial charge in [-0.05, 0) is 5.92 Å². The third kappa shape index (κ3) is 1.90. The summed E-state index contributed by atoms with van der Waals surface area (Å²) in [6.07, 6.45) is 0. The average Bonchev–Trinajstić information content (AvgIpc) is 2.48. The van der Waals surface area contributed by atoms with Crippen molar-refractivity contribution in [2.75, 3.05) is 6.61 Å². The molecule has 0 atom stereocenters. The molecule has 6 heteroatoms. The van der Waals surface area contributed by atoms with E-state index >= 15 is 0 Å². The second-order valence-corrected chi connectivity index (χ2v) is 3.23. The molecule has 6 nitrogen and oxygen atoms in total. The SMILES string of the molecule is CC(C)c1c(C(=O)O)nnn1CCO. The molecule has 0 amide bonds. The van der Waals surface area contributed by atoms with E-state index in [-0.39, 0.29) is 24.8 Å². The molecule has 78 valence electrons. The summed E-state index contributed by atoms with van der Waals surface area (Å²) in [5, 5.41) is 24.8. The van der Waals surface area contributed by atoms with E-state index in [1.165, 1.54) is 4.68 Å². The zero-order valence-electron chi connectivity index (χ0n) is 8.14. The molecule has 0 aliphatic rings. The first-order valence-electron chi connectivity index (χ1n) is 4.35. The van der Waals surface area contributed by atoms with Crippen molar-refractivity contribution in [3.05, 3.63) is 11.4 Å². The molecule has 0 bridgehead atoms. The van der Waals surface area contributed by atoms with Crippen LogP contribution in [-0.4, -0.2) is 37.8 Å². The van der Waals surface area contributed by atoms with Gasteiger partial charge in [-0.3, -0.25) is 0 Å². The Balaban J connectivity index is 3.13. The number of carbonyl (C=O) groups is 1. The smallest absolute Gasteiger partial charge is 0.358 e. The van der Waals surface area contributed by atoms with Crippen LogP contribution >= 0.6 is 0 Å². The summed E-state index contributed by atoms with van der Waals surface area (Å²) < 4.78 is 1.42. The molecule has 14 heavy (non-hydrogen) atoms. The van der Waals surface area contributed by atoms with Gasteiger partial charge in [0, 0.05) is 0 Å². The summed E-state index contributed by atoms with van der Waals surface area (Å²) in [6.45, 7) is 3.91. The van der Waals surface area contributed by atoms with Gasteiger partial charge in [0.2, 0.25) is 0 Å². The predicted molar refractivity (Wildman–Crippen MR) is 48.2 cm³/mol. The van der Waals surface area contributed by atoms with Crippen LogP contribution in [0.3, 0.4) is 0 Å². The summed E-state index contributed by atoms with van der Waals surface area (Å²) >= 11 is 0. The van der Waals surface area contributed by atoms with Crippen LogP contribution in [0.25, 0.3) is 0 Å². The molecule has 1 aromatic rings. The molecule has 0 fully saturated rings. The van der Waals surface area contributed by atoms with Gasteiger partial charge in [-0.2, -0.15) is 0 Å². The van der Waals surface area contributed by atoms with Crippen LogP contribution in [0.1, 0.15) is 35.9 Å². The van der Waals surface area contributed by atoms with Gasteiger partial charge < -0.3 is 10.2 Å². The number of hydrogen-bond acceptors (Lipinski definition) is 4. The Bertz CT molecular complexity index is 333. The number of aliphatic hydroxyl groups excluding tert-OH is 1. The van der Waals surface area contributed by atoms with Crippen molar-refractivity contribution in [1.29, 1.82) is 0 Å². The Kier molecular flexibility index (Phi) is 3.19. The van der Waals surface area contributed by atoms with Gasteiger partial charge in [0.1, 0.15) is 0 Å². The normalized spacial score (nSPS) is 10.9. The van der Waals surface area contributed by atoms with E-state index in [2.05, 4.69) is 10.3 Å². The Morgan fingerprint density at radius 3 is 2.64 bits per heavy atom. The quantitative estimate of drug-likeness (QED) is 0.717. The molecule has 0 radical (unpaired) electrons. The standard InChI is InChI=1S/C8H13N3O3/c1-5(2)7-6(8(13)14)9-10-11(7)3-4-12/h5,12H,3-4H2,1-2H3,(H,13,14). The molecular weight excluding hydrogens is 186 g/mol. The number of aromatic carboxylic acids is 1. The van der Waals surface area contributed by atoms with Crippen molar-refractivity contribution >= 4 is 5.97 Å². The maximum absolute atomic E-state index is 10.8. The molecule has 1 heterocycles. The lowest BCUT2D eigenvalue weighted by molar-refractivity contribution is 0.0688. The third-order valence-electron chi connectivity index (χ3n) is 1.83. The van der Waals surface area contributed by atoms with Crippen molar-refractivity contribution in [2.45, 2.75) is 26.3 Å². The van der Waals surface area contributed by atoms with Gasteiger partial charge in [-0.15, -0.1) is 5.10 Å². The van der Waals surface area contributed by atoms with Crippen LogP contribution in [-0.2, 0) is 6.54 Å². The molecule has 0 saturated carbocycles. The van der Waals surface area contributed by atoms with Gasteiger partial charge in [0.05, 0.1) is 18.8 Å². The van der Waals surface area contributed by atoms with E-state index in [9.17, 15) is 4.79 Å². The number of carboxylic acid groups (broad SMARTS) is 1. The highest BCUT2D eigenvalue weighted by Crippen LogP contribution is 2.17. The van der Waals surface area contributed by atoms with Crippen molar-refractivity contribution in [1.82, 2.24) is 15.0 Å². The summed E-state index contributed by atoms with van der Waals surface area (Å²) in [7, 11) is 0. The van der Waals surface area contributed by atoms with E-state index in [1.54, 1.807) is 0 Å². The van der Waals surface area contributed by atoms with Crippen molar-refractivity contribution < 1.29 is 15.0 Å². The minimum atomic E-state index is -1.09. The first kappa shape index (κ1) is 10.6. The monoisotopic (exact) mass is 199 g/mol. The van der Waals surface area contributed by atoms with Crippen LogP contribution in [0, 0.1) is 0 Å². The van der Waals surface area contributed by atoms with Crippen LogP contribution in [0.15, 0.2) is 0 Å². The maximum atomic E-state index is 10.8.